The maximum absolute atomic E-state index is 11.7. The Morgan fingerprint density at radius 1 is 1.30 bits per heavy atom. The maximum Gasteiger partial charge on any atom is 0.311 e. The second kappa shape index (κ2) is 5.65. The van der Waals surface area contributed by atoms with Gasteiger partial charge in [-0.1, -0.05) is 6.07 Å². The number of nitrogens with zero attached hydrogens (tertiary/aromatic N) is 3. The fourth-order valence-corrected chi connectivity index (χ4v) is 2.88. The first-order valence-corrected chi connectivity index (χ1v) is 8.69. The minimum atomic E-state index is -3.71. The summed E-state index contributed by atoms with van der Waals surface area (Å²) in [4.78, 5) is 10.3. The minimum Gasteiger partial charge on any atom is -0.347 e. The molecule has 0 saturated carbocycles. The molecule has 0 aliphatic rings. The molecule has 1 aromatic heterocycles. The van der Waals surface area contributed by atoms with Crippen LogP contribution in [0.5, 0.6) is 0 Å². The van der Waals surface area contributed by atoms with E-state index in [9.17, 15) is 18.5 Å². The molecule has 0 atom stereocenters. The van der Waals surface area contributed by atoms with Crippen LogP contribution < -0.4 is 5.32 Å². The zero-order valence-corrected chi connectivity index (χ0v) is 14.1. The molecule has 8 nitrogen and oxygen atoms in total. The number of rotatable bonds is 4. The van der Waals surface area contributed by atoms with Crippen molar-refractivity contribution in [1.82, 2.24) is 9.78 Å². The molecule has 0 bridgehead atoms. The summed E-state index contributed by atoms with van der Waals surface area (Å²) < 4.78 is 25.2. The zero-order chi connectivity index (χ0) is 17.4. The lowest BCUT2D eigenvalue weighted by atomic mass is 10.1. The predicted molar refractivity (Wildman–Crippen MR) is 86.7 cm³/mol. The Hall–Kier alpha value is -2.42. The summed E-state index contributed by atoms with van der Waals surface area (Å²) in [6.07, 6.45) is 4.18. The van der Waals surface area contributed by atoms with E-state index in [1.54, 1.807) is 10.9 Å². The largest absolute Gasteiger partial charge is 0.347 e. The second-order valence-corrected chi connectivity index (χ2v) is 8.14. The lowest BCUT2D eigenvalue weighted by Gasteiger charge is -2.18. The molecule has 0 spiro atoms. The van der Waals surface area contributed by atoms with Crippen LogP contribution in [0.15, 0.2) is 35.5 Å². The van der Waals surface area contributed by atoms with Gasteiger partial charge in [0.05, 0.1) is 22.3 Å². The van der Waals surface area contributed by atoms with Crippen LogP contribution in [0.3, 0.4) is 0 Å². The Balaban J connectivity index is 2.49. The van der Waals surface area contributed by atoms with Crippen molar-refractivity contribution >= 4 is 26.9 Å². The maximum atomic E-state index is 11.7. The summed E-state index contributed by atoms with van der Waals surface area (Å²) in [5, 5.41) is 18.4. The van der Waals surface area contributed by atoms with Crippen LogP contribution in [0.25, 0.3) is 0 Å². The Morgan fingerprint density at radius 2 is 1.96 bits per heavy atom. The SMILES string of the molecule is CC(C)(C)n1cc(Nc2cccc(S(C)(=O)=O)c2[N+](=O)[O-])cn1. The lowest BCUT2D eigenvalue weighted by Crippen LogP contribution is -2.21. The molecule has 1 N–H and O–H groups in total. The summed E-state index contributed by atoms with van der Waals surface area (Å²) in [7, 11) is -3.71. The van der Waals surface area contributed by atoms with Gasteiger partial charge in [-0.15, -0.1) is 0 Å². The van der Waals surface area contributed by atoms with Gasteiger partial charge in [-0.05, 0) is 32.9 Å². The number of nitrogens with one attached hydrogen (secondary N) is 1. The second-order valence-electron chi connectivity index (χ2n) is 6.15. The first-order valence-electron chi connectivity index (χ1n) is 6.80. The van der Waals surface area contributed by atoms with E-state index in [2.05, 4.69) is 10.4 Å². The molecule has 0 saturated heterocycles. The van der Waals surface area contributed by atoms with Crippen LogP contribution in [0.1, 0.15) is 20.8 Å². The molecule has 0 fully saturated rings. The third-order valence-electron chi connectivity index (χ3n) is 3.13. The van der Waals surface area contributed by atoms with Crippen LogP contribution >= 0.6 is 0 Å². The first-order chi connectivity index (χ1) is 10.5. The highest BCUT2D eigenvalue weighted by Crippen LogP contribution is 2.34. The highest BCUT2D eigenvalue weighted by molar-refractivity contribution is 7.90. The van der Waals surface area contributed by atoms with Crippen molar-refractivity contribution in [2.75, 3.05) is 11.6 Å². The number of hydrogen-bond donors (Lipinski definition) is 1. The molecule has 124 valence electrons. The van der Waals surface area contributed by atoms with Gasteiger partial charge in [-0.25, -0.2) is 8.42 Å². The first kappa shape index (κ1) is 16.9. The predicted octanol–water partition coefficient (Wildman–Crippen LogP) is 2.69. The monoisotopic (exact) mass is 338 g/mol. The highest BCUT2D eigenvalue weighted by Gasteiger charge is 2.26. The summed E-state index contributed by atoms with van der Waals surface area (Å²) in [5.41, 5.74) is -0.0703. The van der Waals surface area contributed by atoms with E-state index in [4.69, 9.17) is 0 Å². The average molecular weight is 338 g/mol. The van der Waals surface area contributed by atoms with Crippen LogP contribution in [-0.2, 0) is 15.4 Å². The van der Waals surface area contributed by atoms with Crippen LogP contribution in [0.2, 0.25) is 0 Å². The topological polar surface area (TPSA) is 107 Å². The number of aromatic nitrogens is 2. The fraction of sp³-hybridized carbons (Fsp3) is 0.357. The number of anilines is 2. The van der Waals surface area contributed by atoms with Crippen molar-refractivity contribution in [3.05, 3.63) is 40.7 Å². The molecule has 0 aliphatic heterocycles. The zero-order valence-electron chi connectivity index (χ0n) is 13.3. The van der Waals surface area contributed by atoms with E-state index in [-0.39, 0.29) is 16.1 Å². The quantitative estimate of drug-likeness (QED) is 0.678. The molecular formula is C14H18N4O4S. The van der Waals surface area contributed by atoms with E-state index in [1.807, 2.05) is 20.8 Å². The third-order valence-corrected chi connectivity index (χ3v) is 4.26. The van der Waals surface area contributed by atoms with Crippen LogP contribution in [0.4, 0.5) is 17.1 Å². The lowest BCUT2D eigenvalue weighted by molar-refractivity contribution is -0.386. The van der Waals surface area contributed by atoms with Crippen molar-refractivity contribution in [3.63, 3.8) is 0 Å². The highest BCUT2D eigenvalue weighted by atomic mass is 32.2. The number of para-hydroxylation sites is 1. The Bertz CT molecular complexity index is 850. The van der Waals surface area contributed by atoms with Gasteiger partial charge >= 0.3 is 5.69 Å². The summed E-state index contributed by atoms with van der Waals surface area (Å²) in [5.74, 6) is 0. The van der Waals surface area contributed by atoms with E-state index in [1.165, 1.54) is 24.4 Å². The summed E-state index contributed by atoms with van der Waals surface area (Å²) in [6.45, 7) is 5.91. The van der Waals surface area contributed by atoms with E-state index < -0.39 is 20.4 Å². The van der Waals surface area contributed by atoms with Gasteiger partial charge in [-0.2, -0.15) is 5.10 Å². The number of nitro benzene ring substituents is 1. The normalized spacial score (nSPS) is 12.2. The molecule has 0 amide bonds. The van der Waals surface area contributed by atoms with E-state index >= 15 is 0 Å². The minimum absolute atomic E-state index is 0.103. The molecule has 0 radical (unpaired) electrons. The van der Waals surface area contributed by atoms with Crippen molar-refractivity contribution in [2.45, 2.75) is 31.2 Å². The van der Waals surface area contributed by atoms with Crippen LogP contribution in [0, 0.1) is 10.1 Å². The summed E-state index contributed by atoms with van der Waals surface area (Å²) >= 11 is 0. The molecule has 23 heavy (non-hydrogen) atoms. The van der Waals surface area contributed by atoms with Gasteiger partial charge in [-0.3, -0.25) is 14.8 Å². The molecule has 0 aliphatic carbocycles. The number of nitro groups is 1. The van der Waals surface area contributed by atoms with Gasteiger partial charge in [0.25, 0.3) is 0 Å². The van der Waals surface area contributed by atoms with E-state index in [0.717, 1.165) is 6.26 Å². The Kier molecular flexibility index (Phi) is 4.16. The van der Waals surface area contributed by atoms with Gasteiger partial charge < -0.3 is 5.32 Å². The average Bonchev–Trinajstić information content (AvgIpc) is 2.85. The smallest absolute Gasteiger partial charge is 0.311 e. The Labute approximate surface area is 134 Å². The number of hydrogen-bond acceptors (Lipinski definition) is 6. The number of sulfone groups is 1. The van der Waals surface area contributed by atoms with Gasteiger partial charge in [0.15, 0.2) is 9.84 Å². The number of benzene rings is 1. The third kappa shape index (κ3) is 3.67. The van der Waals surface area contributed by atoms with Crippen LogP contribution in [-0.4, -0.2) is 29.4 Å². The molecular weight excluding hydrogens is 320 g/mol. The van der Waals surface area contributed by atoms with Crippen molar-refractivity contribution < 1.29 is 13.3 Å². The van der Waals surface area contributed by atoms with Gasteiger partial charge in [0, 0.05) is 12.5 Å². The molecule has 2 rings (SSSR count). The van der Waals surface area contributed by atoms with Crippen molar-refractivity contribution in [3.8, 4) is 0 Å². The van der Waals surface area contributed by atoms with Gasteiger partial charge in [0.2, 0.25) is 0 Å². The fourth-order valence-electron chi connectivity index (χ4n) is 2.02. The molecule has 1 aromatic carbocycles. The molecule has 0 unspecified atom stereocenters. The molecule has 1 heterocycles. The Morgan fingerprint density at radius 3 is 2.43 bits per heavy atom. The van der Waals surface area contributed by atoms with E-state index in [0.29, 0.717) is 5.69 Å². The molecule has 9 heteroatoms. The standard InChI is InChI=1S/C14H18N4O4S/c1-14(2,3)17-9-10(8-15-17)16-11-6-5-7-12(23(4,21)22)13(11)18(19)20/h5-9,16H,1-4H3. The molecule has 2 aromatic rings. The van der Waals surface area contributed by atoms with Gasteiger partial charge in [0.1, 0.15) is 10.6 Å². The van der Waals surface area contributed by atoms with Crippen molar-refractivity contribution in [2.24, 2.45) is 0 Å². The van der Waals surface area contributed by atoms with Crippen molar-refractivity contribution in [1.29, 1.82) is 0 Å². The summed E-state index contributed by atoms with van der Waals surface area (Å²) in [6, 6.07) is 4.14.